The highest BCUT2D eigenvalue weighted by atomic mass is 32.2. The smallest absolute Gasteiger partial charge is 0.481 e. The number of esters is 4. The molecule has 3 rings (SSSR count). The van der Waals surface area contributed by atoms with Crippen molar-refractivity contribution in [1.29, 1.82) is 0 Å². The topological polar surface area (TPSA) is 402 Å². The Balaban J connectivity index is 0. The van der Waals surface area contributed by atoms with Gasteiger partial charge in [0.15, 0.2) is 0 Å². The summed E-state index contributed by atoms with van der Waals surface area (Å²) in [5.74, 6) is -6.93. The van der Waals surface area contributed by atoms with Gasteiger partial charge in [-0.1, -0.05) is 46.6 Å². The number of ether oxygens (including phenoxy) is 9. The van der Waals surface area contributed by atoms with Crippen molar-refractivity contribution < 1.29 is 130 Å². The predicted molar refractivity (Wildman–Crippen MR) is 302 cm³/mol. The number of morpholine rings is 2. The van der Waals surface area contributed by atoms with Crippen molar-refractivity contribution in [3.63, 3.8) is 0 Å². The molecule has 0 aromatic rings. The van der Waals surface area contributed by atoms with E-state index in [9.17, 15) is 67.1 Å². The van der Waals surface area contributed by atoms with Crippen LogP contribution in [-0.2, 0) is 100 Å². The normalized spacial score (nSPS) is 15.0. The molecule has 30 nitrogen and oxygen atoms in total. The van der Waals surface area contributed by atoms with Crippen molar-refractivity contribution in [1.82, 2.24) is 14.9 Å². The average Bonchev–Trinajstić information content (AvgIpc) is 3.94. The van der Waals surface area contributed by atoms with Gasteiger partial charge in [-0.15, -0.1) is 0 Å². The number of aliphatic hydroxyl groups is 1. The van der Waals surface area contributed by atoms with E-state index >= 15 is 0 Å². The van der Waals surface area contributed by atoms with Crippen molar-refractivity contribution in [3.8, 4) is 0 Å². The number of thioether (sulfide) groups is 2. The second-order valence-electron chi connectivity index (χ2n) is 18.8. The van der Waals surface area contributed by atoms with Gasteiger partial charge in [0, 0.05) is 71.4 Å². The van der Waals surface area contributed by atoms with Gasteiger partial charge in [-0.3, -0.25) is 67.4 Å². The van der Waals surface area contributed by atoms with Crippen LogP contribution in [0.3, 0.4) is 0 Å². The van der Waals surface area contributed by atoms with E-state index in [2.05, 4.69) is 46.2 Å². The van der Waals surface area contributed by atoms with E-state index in [-0.39, 0.29) is 105 Å². The number of Topliss-reactive ketones (excluding diaryl/α,β-unsaturated/α-hetero) is 3. The molecule has 0 aromatic carbocycles. The van der Waals surface area contributed by atoms with Crippen molar-refractivity contribution in [2.45, 2.75) is 129 Å². The molecule has 3 N–H and O–H groups in total. The third kappa shape index (κ3) is 44.2. The first-order valence-electron chi connectivity index (χ1n) is 26.9. The summed E-state index contributed by atoms with van der Waals surface area (Å²) in [4.78, 5) is 164. The maximum Gasteiger partial charge on any atom is 0.536 e. The Labute approximate surface area is 507 Å². The fraction of sp³-hybridized carbons (Fsp3) is 0.731. The summed E-state index contributed by atoms with van der Waals surface area (Å²) in [6, 6.07) is 0. The molecule has 0 aromatic heterocycles. The van der Waals surface area contributed by atoms with E-state index < -0.39 is 95.3 Å². The van der Waals surface area contributed by atoms with Crippen LogP contribution < -0.4 is 0 Å². The molecule has 33 heteroatoms. The molecule has 0 saturated carbocycles. The van der Waals surface area contributed by atoms with Gasteiger partial charge in [-0.2, -0.15) is 12.6 Å². The molecule has 3 aliphatic heterocycles. The fourth-order valence-electron chi connectivity index (χ4n) is 5.61. The summed E-state index contributed by atoms with van der Waals surface area (Å²) in [6.45, 7) is 21.4. The van der Waals surface area contributed by atoms with Crippen LogP contribution in [0.15, 0.2) is 0 Å². The molecule has 486 valence electrons. The highest BCUT2D eigenvalue weighted by molar-refractivity contribution is 8.14. The predicted octanol–water partition coefficient (Wildman–Crippen LogP) is 3.87. The van der Waals surface area contributed by atoms with E-state index in [4.69, 9.17) is 39.0 Å². The maximum atomic E-state index is 12.0. The summed E-state index contributed by atoms with van der Waals surface area (Å²) in [5.41, 5.74) is 0. The van der Waals surface area contributed by atoms with Crippen molar-refractivity contribution >= 4 is 118 Å². The number of hydroxylamine groups is 2. The number of carboxylic acid groups (broad SMARTS) is 2. The number of hydrogen-bond acceptors (Lipinski definition) is 30. The third-order valence-corrected chi connectivity index (χ3v) is 12.8. The number of nitrogens with zero attached hydrogens (tertiary/aromatic N) is 3. The lowest BCUT2D eigenvalue weighted by Crippen LogP contribution is -2.38. The number of carbonyl (C=O) groups excluding carboxylic acids is 12. The maximum absolute atomic E-state index is 12.0. The number of rotatable bonds is 29. The largest absolute Gasteiger partial charge is 0.536 e. The number of carboxylic acids is 2. The summed E-state index contributed by atoms with van der Waals surface area (Å²) in [6.07, 6.45) is -1.76. The van der Waals surface area contributed by atoms with Gasteiger partial charge in [0.25, 0.3) is 11.8 Å². The zero-order valence-corrected chi connectivity index (χ0v) is 52.0. The molecule has 85 heavy (non-hydrogen) atoms. The standard InChI is InChI=1S/C18H29NO8S.C12H18O7S.C10H13NO7.C6H13NO2.C6H10O3S/c1-13(2)17(22)26-12-27-18(23)28-14(3)15(20)4-5-16(21)25-11-8-19-6-9-24-10-7-19;1-7(2)11(16)18-6-19-12(17)20-8(3)9(13)4-5-10(14)15;1-6(2)9(14)16-5-17-10(15)18-11-7(12)3-4-8(11)13;8-4-1-7-2-5-9-6-3-7;1-4(10)5(7)2-3-6(8)9/h13-14H,4-12H2,1-3H3;7-8H,4-6H2,1-3H3,(H,14,15);6H,3-5H2,1-2H3;8H,1-6H2;4,10H,2-3H2,1H3,(H,8,9). The number of aliphatic carboxylic acids is 2. The second kappa shape index (κ2) is 48.2. The van der Waals surface area contributed by atoms with Crippen LogP contribution in [0.1, 0.15) is 114 Å². The van der Waals surface area contributed by atoms with E-state index in [1.54, 1.807) is 55.4 Å². The third-order valence-electron chi connectivity index (χ3n) is 10.7. The molecule has 3 atom stereocenters. The summed E-state index contributed by atoms with van der Waals surface area (Å²) >= 11 is 5.16. The van der Waals surface area contributed by atoms with Crippen molar-refractivity contribution in [3.05, 3.63) is 0 Å². The molecule has 2 amide bonds. The van der Waals surface area contributed by atoms with E-state index in [1.807, 2.05) is 0 Å². The van der Waals surface area contributed by atoms with Crippen LogP contribution in [0, 0.1) is 17.8 Å². The minimum Gasteiger partial charge on any atom is -0.481 e. The Morgan fingerprint density at radius 2 is 0.871 bits per heavy atom. The van der Waals surface area contributed by atoms with Gasteiger partial charge in [-0.05, 0) is 44.3 Å². The summed E-state index contributed by atoms with van der Waals surface area (Å²) in [7, 11) is 0. The average molecular weight is 1280 g/mol. The van der Waals surface area contributed by atoms with Crippen LogP contribution in [0.25, 0.3) is 0 Å². The zero-order chi connectivity index (χ0) is 65.0. The molecular weight excluding hydrogens is 1190 g/mol. The number of hydrogen-bond donors (Lipinski definition) is 4. The molecule has 0 spiro atoms. The lowest BCUT2D eigenvalue weighted by molar-refractivity contribution is -0.183. The van der Waals surface area contributed by atoms with Gasteiger partial charge in [0.1, 0.15) is 24.0 Å². The molecule has 3 saturated heterocycles. The molecule has 0 aliphatic carbocycles. The van der Waals surface area contributed by atoms with E-state index in [0.717, 1.165) is 45.9 Å². The first-order chi connectivity index (χ1) is 39.9. The molecule has 0 radical (unpaired) electrons. The molecular formula is C52H83N3O27S3. The van der Waals surface area contributed by atoms with E-state index in [1.165, 1.54) is 6.92 Å². The van der Waals surface area contributed by atoms with Crippen molar-refractivity contribution in [2.75, 3.05) is 99.3 Å². The van der Waals surface area contributed by atoms with Gasteiger partial charge in [0.05, 0.1) is 85.8 Å². The van der Waals surface area contributed by atoms with Crippen LogP contribution in [0.2, 0.25) is 0 Å². The second-order valence-corrected chi connectivity index (χ2v) is 22.1. The molecule has 0 bridgehead atoms. The van der Waals surface area contributed by atoms with Gasteiger partial charge in [-0.25, -0.2) is 14.4 Å². The fourth-order valence-corrected chi connectivity index (χ4v) is 7.04. The minimum atomic E-state index is -1.28. The molecule has 3 aliphatic rings. The van der Waals surface area contributed by atoms with Crippen LogP contribution in [0.5, 0.6) is 0 Å². The first kappa shape index (κ1) is 81.1. The number of aliphatic hydroxyl groups excluding tert-OH is 1. The lowest BCUT2D eigenvalue weighted by atomic mass is 10.2. The van der Waals surface area contributed by atoms with Gasteiger partial charge in [0.2, 0.25) is 20.4 Å². The highest BCUT2D eigenvalue weighted by Crippen LogP contribution is 2.19. The Morgan fingerprint density at radius 3 is 1.24 bits per heavy atom. The minimum absolute atomic E-state index is 0.00551. The number of amides is 2. The Hall–Kier alpha value is -5.97. The zero-order valence-electron chi connectivity index (χ0n) is 49.5. The molecule has 3 fully saturated rings. The van der Waals surface area contributed by atoms with E-state index in [0.29, 0.717) is 48.3 Å². The lowest BCUT2D eigenvalue weighted by Gasteiger charge is -2.26. The van der Waals surface area contributed by atoms with Gasteiger partial charge < -0.3 is 58.0 Å². The Morgan fingerprint density at radius 1 is 0.506 bits per heavy atom. The Bertz CT molecular complexity index is 2120. The SMILES string of the molecule is CC(C)C(=O)OCOC(=O)ON1C(=O)CCC1=O.CC(C)C(=O)OCOC(=O)SC(C)C(=O)CCC(=O)O.CC(C)C(=O)OCOC(=O)SC(C)C(=O)CCC(=O)OCCN1CCOCC1.CC(S)C(=O)CCC(=O)O.OCCN1CCOCC1. The number of thiol groups is 1. The van der Waals surface area contributed by atoms with Crippen molar-refractivity contribution in [2.24, 2.45) is 17.8 Å². The molecule has 3 heterocycles. The summed E-state index contributed by atoms with van der Waals surface area (Å²) < 4.78 is 43.1. The number of ketones is 3. The number of β-amino-alcohol motifs (C(OH)–C–C–N with tert-alkyl or cyclic N) is 1. The first-order valence-corrected chi connectivity index (χ1v) is 29.1. The van der Waals surface area contributed by atoms with Gasteiger partial charge >= 0.3 is 52.6 Å². The number of imide groups is 1. The summed E-state index contributed by atoms with van der Waals surface area (Å²) in [5, 5.41) is 22.3. The quantitative estimate of drug-likeness (QED) is 0.0271. The highest BCUT2D eigenvalue weighted by Gasteiger charge is 2.33. The monoisotopic (exact) mass is 1280 g/mol. The molecule has 3 unspecified atom stereocenters. The van der Waals surface area contributed by atoms with Crippen LogP contribution in [-0.4, -0.2) is 227 Å². The number of carbonyl (C=O) groups is 14. The van der Waals surface area contributed by atoms with Crippen LogP contribution >= 0.6 is 36.2 Å². The van der Waals surface area contributed by atoms with Crippen LogP contribution in [0.4, 0.5) is 14.4 Å². The Kier molecular flexibility index (Phi) is 46.0.